The first-order valence-electron chi connectivity index (χ1n) is 12.7. The molecular formula is C30H33NO8. The van der Waals surface area contributed by atoms with Crippen molar-refractivity contribution >= 4 is 23.4 Å². The number of carbonyl (C=O) groups is 3. The number of benzene rings is 2. The van der Waals surface area contributed by atoms with Crippen molar-refractivity contribution in [1.82, 2.24) is 0 Å². The van der Waals surface area contributed by atoms with Gasteiger partial charge in [-0.3, -0.25) is 19.4 Å². The van der Waals surface area contributed by atoms with Gasteiger partial charge in [-0.05, 0) is 54.7 Å². The zero-order valence-electron chi connectivity index (χ0n) is 22.8. The van der Waals surface area contributed by atoms with Crippen LogP contribution >= 0.6 is 0 Å². The lowest BCUT2D eigenvalue weighted by Gasteiger charge is -2.36. The van der Waals surface area contributed by atoms with E-state index in [-0.39, 0.29) is 37.1 Å². The fourth-order valence-electron chi connectivity index (χ4n) is 5.27. The summed E-state index contributed by atoms with van der Waals surface area (Å²) in [5, 5.41) is 0. The van der Waals surface area contributed by atoms with E-state index in [1.165, 1.54) is 21.1 Å². The van der Waals surface area contributed by atoms with E-state index in [1.54, 1.807) is 32.2 Å². The molecule has 0 spiro atoms. The third kappa shape index (κ3) is 6.04. The predicted octanol–water partition coefficient (Wildman–Crippen LogP) is 4.39. The minimum absolute atomic E-state index is 0.0505. The second kappa shape index (κ2) is 12.3. The molecular weight excluding hydrogens is 502 g/mol. The highest BCUT2D eigenvalue weighted by atomic mass is 16.6. The number of Topliss-reactive ketones (excluding diaryl/α,β-unsaturated/α-hetero) is 1. The highest BCUT2D eigenvalue weighted by Crippen LogP contribution is 2.48. The molecule has 2 aliphatic rings. The first-order chi connectivity index (χ1) is 18.8. The van der Waals surface area contributed by atoms with E-state index in [2.05, 4.69) is 0 Å². The first-order valence-corrected chi connectivity index (χ1v) is 12.7. The van der Waals surface area contributed by atoms with Gasteiger partial charge in [0.1, 0.15) is 18.3 Å². The number of esters is 2. The van der Waals surface area contributed by atoms with Gasteiger partial charge in [0.25, 0.3) is 0 Å². The van der Waals surface area contributed by atoms with Crippen LogP contribution in [0.25, 0.3) is 0 Å². The first kappa shape index (κ1) is 28.0. The number of hydrogen-bond acceptors (Lipinski definition) is 9. The number of allylic oxidation sites excluding steroid dienone is 2. The highest BCUT2D eigenvalue weighted by Gasteiger charge is 2.45. The van der Waals surface area contributed by atoms with Crippen LogP contribution in [0.15, 0.2) is 58.7 Å². The van der Waals surface area contributed by atoms with Crippen molar-refractivity contribution in [3.05, 3.63) is 64.9 Å². The molecule has 1 heterocycles. The van der Waals surface area contributed by atoms with Crippen molar-refractivity contribution in [2.45, 2.75) is 38.5 Å². The topological polar surface area (TPSA) is 110 Å². The Morgan fingerprint density at radius 2 is 1.64 bits per heavy atom. The van der Waals surface area contributed by atoms with E-state index in [0.29, 0.717) is 34.7 Å². The van der Waals surface area contributed by atoms with Gasteiger partial charge in [-0.2, -0.15) is 0 Å². The molecule has 9 nitrogen and oxygen atoms in total. The van der Waals surface area contributed by atoms with Crippen LogP contribution in [0, 0.1) is 5.92 Å². The predicted molar refractivity (Wildman–Crippen MR) is 143 cm³/mol. The average Bonchev–Trinajstić information content (AvgIpc) is 2.92. The van der Waals surface area contributed by atoms with Gasteiger partial charge in [0.2, 0.25) is 0 Å². The van der Waals surface area contributed by atoms with Crippen LogP contribution in [0.4, 0.5) is 0 Å². The maximum Gasteiger partial charge on any atom is 0.315 e. The molecule has 0 saturated heterocycles. The molecule has 2 aromatic carbocycles. The standard InChI is InChI=1S/C30H33NO8/c1-17-27(30(34)38-13-12-35-3)28(20-8-11-25(39-18(2)32)26(16-20)37-5)29-23(31-17)14-21(15-24(29)33)19-6-9-22(36-4)10-7-19/h6-11,16,21,27-28H,12-15H2,1-5H3/t21-,27?,28-/m0/s1. The lowest BCUT2D eigenvalue weighted by atomic mass is 9.69. The van der Waals surface area contributed by atoms with Crippen LogP contribution in [0.3, 0.4) is 0 Å². The molecule has 0 fully saturated rings. The second-order valence-electron chi connectivity index (χ2n) is 9.53. The highest BCUT2D eigenvalue weighted by molar-refractivity contribution is 6.09. The minimum Gasteiger partial charge on any atom is -0.497 e. The molecule has 0 saturated carbocycles. The molecule has 3 atom stereocenters. The average molecular weight is 536 g/mol. The summed E-state index contributed by atoms with van der Waals surface area (Å²) in [6, 6.07) is 12.7. The third-order valence-electron chi connectivity index (χ3n) is 7.06. The molecule has 39 heavy (non-hydrogen) atoms. The van der Waals surface area contributed by atoms with Gasteiger partial charge in [-0.25, -0.2) is 0 Å². The maximum atomic E-state index is 13.8. The molecule has 4 rings (SSSR count). The summed E-state index contributed by atoms with van der Waals surface area (Å²) in [5.41, 5.74) is 3.41. The van der Waals surface area contributed by atoms with Crippen LogP contribution in [-0.4, -0.2) is 58.0 Å². The second-order valence-corrected chi connectivity index (χ2v) is 9.53. The smallest absolute Gasteiger partial charge is 0.315 e. The van der Waals surface area contributed by atoms with Crippen molar-refractivity contribution in [2.75, 3.05) is 34.5 Å². The van der Waals surface area contributed by atoms with Crippen LogP contribution in [0.5, 0.6) is 17.2 Å². The molecule has 0 amide bonds. The lowest BCUT2D eigenvalue weighted by Crippen LogP contribution is -2.38. The van der Waals surface area contributed by atoms with Crippen LogP contribution in [-0.2, 0) is 23.9 Å². The zero-order valence-corrected chi connectivity index (χ0v) is 22.8. The number of aliphatic imine (C=N–C) groups is 1. The number of rotatable bonds is 9. The normalized spacial score (nSPS) is 20.6. The van der Waals surface area contributed by atoms with Crippen molar-refractivity contribution in [2.24, 2.45) is 10.9 Å². The van der Waals surface area contributed by atoms with E-state index in [4.69, 9.17) is 28.7 Å². The summed E-state index contributed by atoms with van der Waals surface area (Å²) in [4.78, 5) is 43.5. The van der Waals surface area contributed by atoms with Crippen LogP contribution in [0.2, 0.25) is 0 Å². The van der Waals surface area contributed by atoms with E-state index >= 15 is 0 Å². The van der Waals surface area contributed by atoms with E-state index in [1.807, 2.05) is 24.3 Å². The van der Waals surface area contributed by atoms with Crippen molar-refractivity contribution in [3.63, 3.8) is 0 Å². The summed E-state index contributed by atoms with van der Waals surface area (Å²) < 4.78 is 26.6. The lowest BCUT2D eigenvalue weighted by molar-refractivity contribution is -0.147. The summed E-state index contributed by atoms with van der Waals surface area (Å²) in [6.45, 7) is 3.42. The Labute approximate surface area is 227 Å². The van der Waals surface area contributed by atoms with Crippen LogP contribution < -0.4 is 14.2 Å². The number of ketones is 1. The zero-order chi connectivity index (χ0) is 28.1. The van der Waals surface area contributed by atoms with Gasteiger partial charge in [0, 0.05) is 43.4 Å². The van der Waals surface area contributed by atoms with Crippen molar-refractivity contribution < 1.29 is 38.1 Å². The van der Waals surface area contributed by atoms with Crippen molar-refractivity contribution in [1.29, 1.82) is 0 Å². The Morgan fingerprint density at radius 1 is 0.923 bits per heavy atom. The molecule has 0 N–H and O–H groups in total. The maximum absolute atomic E-state index is 13.8. The molecule has 0 aromatic heterocycles. The number of carbonyl (C=O) groups excluding carboxylic acids is 3. The van der Waals surface area contributed by atoms with Gasteiger partial charge in [0.05, 0.1) is 20.8 Å². The van der Waals surface area contributed by atoms with Crippen LogP contribution in [0.1, 0.15) is 49.7 Å². The molecule has 0 bridgehead atoms. The van der Waals surface area contributed by atoms with Gasteiger partial charge < -0.3 is 23.7 Å². The number of hydrogen-bond donors (Lipinski definition) is 0. The summed E-state index contributed by atoms with van der Waals surface area (Å²) in [5.74, 6) is -1.25. The van der Waals surface area contributed by atoms with Crippen molar-refractivity contribution in [3.8, 4) is 17.2 Å². The molecule has 1 aliphatic heterocycles. The third-order valence-corrected chi connectivity index (χ3v) is 7.06. The molecule has 1 unspecified atom stereocenters. The van der Waals surface area contributed by atoms with Gasteiger partial charge in [0.15, 0.2) is 17.3 Å². The summed E-state index contributed by atoms with van der Waals surface area (Å²) in [6.07, 6.45) is 0.833. The van der Waals surface area contributed by atoms with Gasteiger partial charge in [-0.15, -0.1) is 0 Å². The fourth-order valence-corrected chi connectivity index (χ4v) is 5.27. The Hall–Kier alpha value is -3.98. The van der Waals surface area contributed by atoms with Gasteiger partial charge in [-0.1, -0.05) is 18.2 Å². The van der Waals surface area contributed by atoms with E-state index in [9.17, 15) is 14.4 Å². The number of ether oxygens (including phenoxy) is 5. The molecule has 1 aliphatic carbocycles. The SMILES string of the molecule is COCCOC(=O)C1C(C)=NC2=C(C(=O)C[C@@H](c3ccc(OC)cc3)C2)[C@H]1c1ccc(OC(C)=O)c(OC)c1. The van der Waals surface area contributed by atoms with E-state index in [0.717, 1.165) is 11.3 Å². The minimum atomic E-state index is -0.814. The summed E-state index contributed by atoms with van der Waals surface area (Å²) >= 11 is 0. The summed E-state index contributed by atoms with van der Waals surface area (Å²) in [7, 11) is 4.60. The number of methoxy groups -OCH3 is 3. The molecule has 9 heteroatoms. The Bertz CT molecular complexity index is 1310. The molecule has 0 radical (unpaired) electrons. The quantitative estimate of drug-likeness (QED) is 0.264. The number of nitrogens with zero attached hydrogens (tertiary/aromatic N) is 1. The molecule has 2 aromatic rings. The fraction of sp³-hybridized carbons (Fsp3) is 0.400. The Morgan fingerprint density at radius 3 is 2.28 bits per heavy atom. The largest absolute Gasteiger partial charge is 0.497 e. The molecule has 206 valence electrons. The monoisotopic (exact) mass is 535 g/mol. The van der Waals surface area contributed by atoms with E-state index < -0.39 is 23.8 Å². The Balaban J connectivity index is 1.77. The Kier molecular flexibility index (Phi) is 8.81. The van der Waals surface area contributed by atoms with Gasteiger partial charge >= 0.3 is 11.9 Å².